The number of alkyl halides is 3. The summed E-state index contributed by atoms with van der Waals surface area (Å²) in [4.78, 5) is 31.6. The second-order valence-corrected chi connectivity index (χ2v) is 7.47. The molecule has 0 unspecified atom stereocenters. The molecule has 0 aromatic carbocycles. The first kappa shape index (κ1) is 25.9. The minimum Gasteiger partial charge on any atom is -0.480 e. The highest BCUT2D eigenvalue weighted by Gasteiger charge is 2.40. The zero-order chi connectivity index (χ0) is 22.2. The van der Waals surface area contributed by atoms with Crippen LogP contribution in [0.1, 0.15) is 47.5 Å². The van der Waals surface area contributed by atoms with Crippen molar-refractivity contribution in [1.29, 1.82) is 0 Å². The minimum absolute atomic E-state index is 0.0349. The molecule has 1 aliphatic heterocycles. The Balaban J connectivity index is 0.000000887. The third-order valence-corrected chi connectivity index (χ3v) is 4.00. The molecule has 0 aliphatic carbocycles. The topological polar surface area (TPSA) is 116 Å². The quantitative estimate of drug-likeness (QED) is 0.500. The summed E-state index contributed by atoms with van der Waals surface area (Å²) in [6.07, 6.45) is -1.56. The van der Waals surface area contributed by atoms with Crippen molar-refractivity contribution in [3.05, 3.63) is 11.6 Å². The number of hydrogen-bond acceptors (Lipinski definition) is 4. The molecule has 0 radical (unpaired) electrons. The van der Waals surface area contributed by atoms with E-state index >= 15 is 0 Å². The molecule has 1 aliphatic rings. The lowest BCUT2D eigenvalue weighted by atomic mass is 9.88. The number of aliphatic carboxylic acids is 2. The van der Waals surface area contributed by atoms with Gasteiger partial charge in [-0.1, -0.05) is 25.5 Å². The van der Waals surface area contributed by atoms with E-state index in [9.17, 15) is 27.9 Å². The average Bonchev–Trinajstić information content (AvgIpc) is 2.88. The molecule has 0 aromatic heterocycles. The molecule has 1 amide bonds. The second kappa shape index (κ2) is 11.0. The van der Waals surface area contributed by atoms with Gasteiger partial charge in [0.15, 0.2) is 0 Å². The first-order chi connectivity index (χ1) is 12.6. The number of hydrogen-bond donors (Lipinski definition) is 4. The highest BCUT2D eigenvalue weighted by Crippen LogP contribution is 2.28. The van der Waals surface area contributed by atoms with E-state index < -0.39 is 24.2 Å². The Morgan fingerprint density at radius 3 is 2.00 bits per heavy atom. The van der Waals surface area contributed by atoms with Gasteiger partial charge < -0.3 is 15.5 Å². The summed E-state index contributed by atoms with van der Waals surface area (Å²) in [7, 11) is 0. The van der Waals surface area contributed by atoms with Crippen LogP contribution in [0.4, 0.5) is 13.2 Å². The summed E-state index contributed by atoms with van der Waals surface area (Å²) in [6.45, 7) is 9.75. The van der Waals surface area contributed by atoms with E-state index in [-0.39, 0.29) is 23.9 Å². The first-order valence-electron chi connectivity index (χ1n) is 8.86. The standard InChI is InChI=1S/C16H28N2O3.C2HF3O2/c1-9(2)6-12-8-14(16(20)21)18-15(12)13(7-10(3)4)17-11(5)19;3-2(4,5)1(6)7/h6,10,12-15,18H,7-8H2,1-5H3,(H,17,19)(H,20,21);(H,6,7)/t12-,13+,14-,15-;/m1./s1. The number of amides is 1. The predicted molar refractivity (Wildman–Crippen MR) is 96.6 cm³/mol. The van der Waals surface area contributed by atoms with Gasteiger partial charge in [-0.3, -0.25) is 14.9 Å². The number of carboxylic acid groups (broad SMARTS) is 2. The van der Waals surface area contributed by atoms with Gasteiger partial charge in [0.05, 0.1) is 0 Å². The number of allylic oxidation sites excluding steroid dienone is 1. The van der Waals surface area contributed by atoms with Gasteiger partial charge in [0, 0.05) is 19.0 Å². The van der Waals surface area contributed by atoms with E-state index in [1.165, 1.54) is 12.5 Å². The Labute approximate surface area is 162 Å². The number of carbonyl (C=O) groups excluding carboxylic acids is 1. The van der Waals surface area contributed by atoms with Gasteiger partial charge in [-0.2, -0.15) is 13.2 Å². The van der Waals surface area contributed by atoms with Crippen molar-refractivity contribution in [2.75, 3.05) is 0 Å². The summed E-state index contributed by atoms with van der Waals surface area (Å²) in [5.41, 5.74) is 1.17. The largest absolute Gasteiger partial charge is 0.490 e. The molecule has 1 saturated heterocycles. The van der Waals surface area contributed by atoms with E-state index in [1.54, 1.807) is 0 Å². The van der Waals surface area contributed by atoms with Gasteiger partial charge in [0.25, 0.3) is 0 Å². The molecule has 0 spiro atoms. The van der Waals surface area contributed by atoms with E-state index in [2.05, 4.69) is 30.6 Å². The average molecular weight is 410 g/mol. The molecule has 1 heterocycles. The van der Waals surface area contributed by atoms with Crippen LogP contribution in [0.15, 0.2) is 11.6 Å². The zero-order valence-electron chi connectivity index (χ0n) is 16.6. The normalized spacial score (nSPS) is 22.7. The number of rotatable bonds is 6. The molecular weight excluding hydrogens is 381 g/mol. The molecule has 0 saturated carbocycles. The van der Waals surface area contributed by atoms with Gasteiger partial charge in [-0.05, 0) is 38.5 Å². The highest BCUT2D eigenvalue weighted by molar-refractivity contribution is 5.75. The molecule has 0 bridgehead atoms. The van der Waals surface area contributed by atoms with Crippen LogP contribution in [0.3, 0.4) is 0 Å². The fourth-order valence-electron chi connectivity index (χ4n) is 3.09. The van der Waals surface area contributed by atoms with Crippen LogP contribution in [-0.4, -0.2) is 52.4 Å². The molecule has 7 nitrogen and oxygen atoms in total. The van der Waals surface area contributed by atoms with Crippen molar-refractivity contribution in [2.45, 2.75) is 71.8 Å². The molecule has 4 N–H and O–H groups in total. The summed E-state index contributed by atoms with van der Waals surface area (Å²) >= 11 is 0. The van der Waals surface area contributed by atoms with E-state index in [0.717, 1.165) is 6.42 Å². The van der Waals surface area contributed by atoms with Gasteiger partial charge in [-0.25, -0.2) is 4.79 Å². The number of nitrogens with one attached hydrogen (secondary N) is 2. The van der Waals surface area contributed by atoms with Crippen LogP contribution in [0.25, 0.3) is 0 Å². The van der Waals surface area contributed by atoms with Gasteiger partial charge in [-0.15, -0.1) is 0 Å². The van der Waals surface area contributed by atoms with Crippen LogP contribution in [-0.2, 0) is 14.4 Å². The zero-order valence-corrected chi connectivity index (χ0v) is 16.6. The lowest BCUT2D eigenvalue weighted by Crippen LogP contribution is -2.51. The van der Waals surface area contributed by atoms with E-state index in [0.29, 0.717) is 12.3 Å². The van der Waals surface area contributed by atoms with Crippen molar-refractivity contribution in [3.63, 3.8) is 0 Å². The third kappa shape index (κ3) is 9.72. The van der Waals surface area contributed by atoms with E-state index in [1.807, 2.05) is 13.8 Å². The molecule has 1 fully saturated rings. The highest BCUT2D eigenvalue weighted by atomic mass is 19.4. The summed E-state index contributed by atoms with van der Waals surface area (Å²) in [5.74, 6) is -3.09. The number of halogens is 3. The Morgan fingerprint density at radius 1 is 1.18 bits per heavy atom. The molecule has 1 rings (SSSR count). The van der Waals surface area contributed by atoms with Crippen LogP contribution in [0, 0.1) is 11.8 Å². The van der Waals surface area contributed by atoms with Gasteiger partial charge in [0.1, 0.15) is 6.04 Å². The number of carboxylic acids is 2. The fraction of sp³-hybridized carbons (Fsp3) is 0.722. The monoisotopic (exact) mass is 410 g/mol. The maximum absolute atomic E-state index is 11.5. The minimum atomic E-state index is -5.08. The van der Waals surface area contributed by atoms with Crippen LogP contribution < -0.4 is 10.6 Å². The predicted octanol–water partition coefficient (Wildman–Crippen LogP) is 2.57. The van der Waals surface area contributed by atoms with Crippen molar-refractivity contribution < 1.29 is 37.8 Å². The maximum atomic E-state index is 11.5. The molecule has 28 heavy (non-hydrogen) atoms. The Kier molecular flexibility index (Phi) is 10.2. The first-order valence-corrected chi connectivity index (χ1v) is 8.86. The SMILES string of the molecule is CC(=O)N[C@@H](CC(C)C)[C@@H]1N[C@@H](C(=O)O)C[C@H]1C=C(C)C.O=C(O)C(F)(F)F. The lowest BCUT2D eigenvalue weighted by Gasteiger charge is -2.29. The molecule has 10 heteroatoms. The second-order valence-electron chi connectivity index (χ2n) is 7.47. The van der Waals surface area contributed by atoms with Crippen LogP contribution in [0.2, 0.25) is 0 Å². The van der Waals surface area contributed by atoms with Gasteiger partial charge in [0.2, 0.25) is 5.91 Å². The van der Waals surface area contributed by atoms with Crippen molar-refractivity contribution in [1.82, 2.24) is 10.6 Å². The molecule has 162 valence electrons. The van der Waals surface area contributed by atoms with Gasteiger partial charge >= 0.3 is 18.1 Å². The fourth-order valence-corrected chi connectivity index (χ4v) is 3.09. The third-order valence-electron chi connectivity index (χ3n) is 4.00. The molecule has 0 aromatic rings. The summed E-state index contributed by atoms with van der Waals surface area (Å²) in [6, 6.07) is -0.626. The Morgan fingerprint density at radius 2 is 1.68 bits per heavy atom. The number of carbonyl (C=O) groups is 3. The Bertz CT molecular complexity index is 586. The molecule has 4 atom stereocenters. The summed E-state index contributed by atoms with van der Waals surface area (Å²) in [5, 5.41) is 22.6. The Hall–Kier alpha value is -2.10. The maximum Gasteiger partial charge on any atom is 0.490 e. The lowest BCUT2D eigenvalue weighted by molar-refractivity contribution is -0.192. The van der Waals surface area contributed by atoms with Crippen LogP contribution >= 0.6 is 0 Å². The summed E-state index contributed by atoms with van der Waals surface area (Å²) < 4.78 is 31.7. The smallest absolute Gasteiger partial charge is 0.480 e. The van der Waals surface area contributed by atoms with Crippen molar-refractivity contribution in [3.8, 4) is 0 Å². The molecular formula is C18H29F3N2O5. The van der Waals surface area contributed by atoms with E-state index in [4.69, 9.17) is 9.90 Å². The van der Waals surface area contributed by atoms with Crippen molar-refractivity contribution >= 4 is 17.8 Å². The van der Waals surface area contributed by atoms with Crippen molar-refractivity contribution in [2.24, 2.45) is 11.8 Å². The van der Waals surface area contributed by atoms with Crippen LogP contribution in [0.5, 0.6) is 0 Å².